The summed E-state index contributed by atoms with van der Waals surface area (Å²) in [5.41, 5.74) is 2.81. The molecule has 1 unspecified atom stereocenters. The van der Waals surface area contributed by atoms with E-state index in [9.17, 15) is 4.21 Å². The molecule has 1 atom stereocenters. The molecule has 2 nitrogen and oxygen atoms in total. The molecule has 0 aliphatic heterocycles. The van der Waals surface area contributed by atoms with Gasteiger partial charge in [-0.3, -0.25) is 4.21 Å². The van der Waals surface area contributed by atoms with Crippen LogP contribution in [-0.4, -0.2) is 9.96 Å². The molecule has 0 aliphatic rings. The number of nitrogens with zero attached hydrogens (tertiary/aromatic N) is 1. The van der Waals surface area contributed by atoms with Crippen LogP contribution in [0.4, 0.5) is 0 Å². The van der Waals surface area contributed by atoms with Crippen LogP contribution in [0, 0.1) is 24.2 Å². The van der Waals surface area contributed by atoms with Crippen LogP contribution in [0.2, 0.25) is 0 Å². The normalized spacial score (nSPS) is 12.4. The van der Waals surface area contributed by atoms with Gasteiger partial charge in [0.1, 0.15) is 0 Å². The van der Waals surface area contributed by atoms with Crippen molar-refractivity contribution in [1.29, 1.82) is 5.26 Å². The average Bonchev–Trinajstić information content (AvgIpc) is 2.29. The maximum atomic E-state index is 11.9. The minimum atomic E-state index is -0.793. The Morgan fingerprint density at radius 1 is 1.41 bits per heavy atom. The molecule has 1 rings (SSSR count). The Kier molecular flexibility index (Phi) is 5.37. The van der Waals surface area contributed by atoms with Crippen molar-refractivity contribution in [2.75, 3.05) is 5.75 Å². The highest BCUT2D eigenvalue weighted by atomic mass is 32.2. The van der Waals surface area contributed by atoms with Crippen molar-refractivity contribution in [3.8, 4) is 6.07 Å². The van der Waals surface area contributed by atoms with Gasteiger partial charge in [-0.05, 0) is 42.5 Å². The van der Waals surface area contributed by atoms with Crippen molar-refractivity contribution in [2.24, 2.45) is 5.92 Å². The van der Waals surface area contributed by atoms with Crippen LogP contribution in [0.15, 0.2) is 18.2 Å². The lowest BCUT2D eigenvalue weighted by molar-refractivity contribution is 0.619. The van der Waals surface area contributed by atoms with Crippen LogP contribution in [0.5, 0.6) is 0 Å². The van der Waals surface area contributed by atoms with Gasteiger partial charge in [0.25, 0.3) is 0 Å². The molecule has 1 aromatic carbocycles. The SMILES string of the molecule is Cc1cc(C#N)ccc1CS(=O)CCC(C)C. The van der Waals surface area contributed by atoms with E-state index in [-0.39, 0.29) is 0 Å². The third-order valence-electron chi connectivity index (χ3n) is 2.71. The molecule has 0 spiro atoms. The second kappa shape index (κ2) is 6.56. The number of nitriles is 1. The van der Waals surface area contributed by atoms with Gasteiger partial charge in [-0.1, -0.05) is 19.9 Å². The fraction of sp³-hybridized carbons (Fsp3) is 0.500. The molecule has 0 radical (unpaired) electrons. The van der Waals surface area contributed by atoms with Gasteiger partial charge in [0.15, 0.2) is 0 Å². The summed E-state index contributed by atoms with van der Waals surface area (Å²) in [7, 11) is -0.793. The first-order valence-corrected chi connectivity index (χ1v) is 7.36. The Morgan fingerprint density at radius 3 is 2.65 bits per heavy atom. The highest BCUT2D eigenvalue weighted by molar-refractivity contribution is 7.84. The van der Waals surface area contributed by atoms with Gasteiger partial charge in [-0.15, -0.1) is 0 Å². The smallest absolute Gasteiger partial charge is 0.0991 e. The van der Waals surface area contributed by atoms with Crippen LogP contribution >= 0.6 is 0 Å². The van der Waals surface area contributed by atoms with E-state index in [1.54, 1.807) is 6.07 Å². The zero-order valence-electron chi connectivity index (χ0n) is 10.7. The Morgan fingerprint density at radius 2 is 2.12 bits per heavy atom. The van der Waals surface area contributed by atoms with Crippen molar-refractivity contribution in [3.63, 3.8) is 0 Å². The predicted molar refractivity (Wildman–Crippen MR) is 72.1 cm³/mol. The van der Waals surface area contributed by atoms with E-state index in [0.29, 0.717) is 17.2 Å². The van der Waals surface area contributed by atoms with Crippen molar-refractivity contribution in [1.82, 2.24) is 0 Å². The Labute approximate surface area is 106 Å². The van der Waals surface area contributed by atoms with Crippen LogP contribution in [0.3, 0.4) is 0 Å². The van der Waals surface area contributed by atoms with Crippen molar-refractivity contribution in [3.05, 3.63) is 34.9 Å². The number of benzene rings is 1. The van der Waals surface area contributed by atoms with Gasteiger partial charge in [-0.25, -0.2) is 0 Å². The Hall–Kier alpha value is -1.14. The maximum Gasteiger partial charge on any atom is 0.0991 e. The van der Waals surface area contributed by atoms with Gasteiger partial charge in [0.05, 0.1) is 11.6 Å². The molecule has 0 aliphatic carbocycles. The average molecular weight is 249 g/mol. The topological polar surface area (TPSA) is 40.9 Å². The summed E-state index contributed by atoms with van der Waals surface area (Å²) in [5.74, 6) is 1.96. The summed E-state index contributed by atoms with van der Waals surface area (Å²) in [5, 5.41) is 8.77. The van der Waals surface area contributed by atoms with Crippen LogP contribution < -0.4 is 0 Å². The van der Waals surface area contributed by atoms with Gasteiger partial charge >= 0.3 is 0 Å². The molecule has 17 heavy (non-hydrogen) atoms. The summed E-state index contributed by atoms with van der Waals surface area (Å²) in [6.07, 6.45) is 1.00. The lowest BCUT2D eigenvalue weighted by atomic mass is 10.1. The van der Waals surface area contributed by atoms with E-state index in [0.717, 1.165) is 23.3 Å². The van der Waals surface area contributed by atoms with Gasteiger partial charge in [0.2, 0.25) is 0 Å². The molecule has 0 heterocycles. The van der Waals surface area contributed by atoms with E-state index in [1.807, 2.05) is 19.1 Å². The fourth-order valence-corrected chi connectivity index (χ4v) is 3.09. The molecule has 92 valence electrons. The van der Waals surface area contributed by atoms with Gasteiger partial charge in [0, 0.05) is 22.3 Å². The highest BCUT2D eigenvalue weighted by Crippen LogP contribution is 2.13. The molecular weight excluding hydrogens is 230 g/mol. The maximum absolute atomic E-state index is 11.9. The van der Waals surface area contributed by atoms with E-state index in [4.69, 9.17) is 5.26 Å². The lowest BCUT2D eigenvalue weighted by Crippen LogP contribution is -2.05. The number of hydrogen-bond acceptors (Lipinski definition) is 2. The third-order valence-corrected chi connectivity index (χ3v) is 4.04. The van der Waals surface area contributed by atoms with E-state index in [1.165, 1.54) is 0 Å². The zero-order valence-corrected chi connectivity index (χ0v) is 11.5. The van der Waals surface area contributed by atoms with Crippen LogP contribution in [0.1, 0.15) is 37.0 Å². The lowest BCUT2D eigenvalue weighted by Gasteiger charge is -2.07. The first-order chi connectivity index (χ1) is 8.02. The molecular formula is C14H19NOS. The van der Waals surface area contributed by atoms with Crippen LogP contribution in [0.25, 0.3) is 0 Å². The molecule has 1 aromatic rings. The molecule has 0 fully saturated rings. The van der Waals surface area contributed by atoms with Gasteiger partial charge in [-0.2, -0.15) is 5.26 Å². The van der Waals surface area contributed by atoms with E-state index >= 15 is 0 Å². The molecule has 0 bridgehead atoms. The summed E-state index contributed by atoms with van der Waals surface area (Å²) < 4.78 is 11.9. The highest BCUT2D eigenvalue weighted by Gasteiger charge is 2.06. The number of rotatable bonds is 5. The summed E-state index contributed by atoms with van der Waals surface area (Å²) in [4.78, 5) is 0. The first kappa shape index (κ1) is 13.9. The first-order valence-electron chi connectivity index (χ1n) is 5.87. The standard InChI is InChI=1S/C14H19NOS/c1-11(2)6-7-17(16)10-14-5-4-13(9-15)8-12(14)3/h4-5,8,11H,6-7,10H2,1-3H3. The molecule has 0 saturated carbocycles. The van der Waals surface area contributed by atoms with E-state index < -0.39 is 10.8 Å². The van der Waals surface area contributed by atoms with Crippen molar-refractivity contribution < 1.29 is 4.21 Å². The summed E-state index contributed by atoms with van der Waals surface area (Å²) >= 11 is 0. The summed E-state index contributed by atoms with van der Waals surface area (Å²) in [6, 6.07) is 7.68. The number of aryl methyl sites for hydroxylation is 1. The van der Waals surface area contributed by atoms with Crippen LogP contribution in [-0.2, 0) is 16.6 Å². The molecule has 3 heteroatoms. The Balaban J connectivity index is 2.63. The predicted octanol–water partition coefficient (Wildman–Crippen LogP) is 3.16. The number of hydrogen-bond donors (Lipinski definition) is 0. The fourth-order valence-electron chi connectivity index (χ4n) is 1.54. The minimum Gasteiger partial charge on any atom is -0.259 e. The third kappa shape index (κ3) is 4.70. The quantitative estimate of drug-likeness (QED) is 0.804. The van der Waals surface area contributed by atoms with Crippen molar-refractivity contribution in [2.45, 2.75) is 32.9 Å². The Bertz CT molecular complexity index is 446. The zero-order chi connectivity index (χ0) is 12.8. The molecule has 0 amide bonds. The monoisotopic (exact) mass is 249 g/mol. The van der Waals surface area contributed by atoms with Crippen molar-refractivity contribution >= 4 is 10.8 Å². The molecule has 0 saturated heterocycles. The molecule has 0 N–H and O–H groups in total. The summed E-state index contributed by atoms with van der Waals surface area (Å²) in [6.45, 7) is 6.25. The minimum absolute atomic E-state index is 0.598. The molecule has 0 aromatic heterocycles. The van der Waals surface area contributed by atoms with Gasteiger partial charge < -0.3 is 0 Å². The largest absolute Gasteiger partial charge is 0.259 e. The second-order valence-electron chi connectivity index (χ2n) is 4.72. The second-order valence-corrected chi connectivity index (χ2v) is 6.30. The van der Waals surface area contributed by atoms with E-state index in [2.05, 4.69) is 19.9 Å².